The van der Waals surface area contributed by atoms with Crippen LogP contribution in [0.15, 0.2) is 24.3 Å². The maximum atomic E-state index is 13.0. The lowest BCUT2D eigenvalue weighted by molar-refractivity contribution is 0.117. The van der Waals surface area contributed by atoms with Crippen LogP contribution in [0.1, 0.15) is 25.3 Å². The Labute approximate surface area is 95.7 Å². The first-order chi connectivity index (χ1) is 7.65. The fraction of sp³-hybridized carbons (Fsp3) is 0.538. The number of benzene rings is 1. The standard InChI is InChI=1S/C13H18FNO/c1-10(16)8-15(13-5-6-13)9-11-3-2-4-12(14)7-11/h2-4,7,10,13,16H,5-6,8-9H2,1H3. The van der Waals surface area contributed by atoms with Crippen molar-refractivity contribution < 1.29 is 9.50 Å². The van der Waals surface area contributed by atoms with E-state index in [4.69, 9.17) is 0 Å². The van der Waals surface area contributed by atoms with Gasteiger partial charge in [-0.3, -0.25) is 4.90 Å². The van der Waals surface area contributed by atoms with Gasteiger partial charge in [-0.25, -0.2) is 4.39 Å². The molecule has 88 valence electrons. The molecule has 0 radical (unpaired) electrons. The van der Waals surface area contributed by atoms with E-state index in [9.17, 15) is 9.50 Å². The summed E-state index contributed by atoms with van der Waals surface area (Å²) in [4.78, 5) is 2.24. The van der Waals surface area contributed by atoms with Gasteiger partial charge in [0.25, 0.3) is 0 Å². The molecule has 2 rings (SSSR count). The molecule has 1 N–H and O–H groups in total. The molecule has 1 atom stereocenters. The van der Waals surface area contributed by atoms with Crippen LogP contribution in [0.25, 0.3) is 0 Å². The lowest BCUT2D eigenvalue weighted by Gasteiger charge is -2.23. The van der Waals surface area contributed by atoms with Crippen molar-refractivity contribution in [1.29, 1.82) is 0 Å². The molecular weight excluding hydrogens is 205 g/mol. The second kappa shape index (κ2) is 4.93. The van der Waals surface area contributed by atoms with Crippen LogP contribution in [-0.2, 0) is 6.54 Å². The van der Waals surface area contributed by atoms with Gasteiger partial charge in [0.2, 0.25) is 0 Å². The van der Waals surface area contributed by atoms with Crippen LogP contribution in [0.4, 0.5) is 4.39 Å². The van der Waals surface area contributed by atoms with E-state index in [0.29, 0.717) is 12.6 Å². The van der Waals surface area contributed by atoms with E-state index in [1.807, 2.05) is 6.07 Å². The molecule has 2 nitrogen and oxygen atoms in total. The molecule has 0 saturated heterocycles. The largest absolute Gasteiger partial charge is 0.392 e. The summed E-state index contributed by atoms with van der Waals surface area (Å²) in [6, 6.07) is 7.27. The molecule has 1 saturated carbocycles. The Morgan fingerprint density at radius 1 is 1.50 bits per heavy atom. The zero-order valence-electron chi connectivity index (χ0n) is 9.56. The number of rotatable bonds is 5. The lowest BCUT2D eigenvalue weighted by atomic mass is 10.2. The summed E-state index contributed by atoms with van der Waals surface area (Å²) in [5.41, 5.74) is 0.979. The van der Waals surface area contributed by atoms with Gasteiger partial charge < -0.3 is 5.11 Å². The Morgan fingerprint density at radius 2 is 2.25 bits per heavy atom. The summed E-state index contributed by atoms with van der Waals surface area (Å²) < 4.78 is 13.0. The van der Waals surface area contributed by atoms with Crippen LogP contribution in [0.2, 0.25) is 0 Å². The molecule has 1 unspecified atom stereocenters. The van der Waals surface area contributed by atoms with Gasteiger partial charge in [-0.2, -0.15) is 0 Å². The average molecular weight is 223 g/mol. The monoisotopic (exact) mass is 223 g/mol. The molecule has 16 heavy (non-hydrogen) atoms. The highest BCUT2D eigenvalue weighted by atomic mass is 19.1. The van der Waals surface area contributed by atoms with E-state index < -0.39 is 0 Å². The lowest BCUT2D eigenvalue weighted by Crippen LogP contribution is -2.32. The molecule has 1 aromatic carbocycles. The Hall–Kier alpha value is -0.930. The van der Waals surface area contributed by atoms with Gasteiger partial charge >= 0.3 is 0 Å². The van der Waals surface area contributed by atoms with E-state index in [1.54, 1.807) is 19.1 Å². The molecule has 0 spiro atoms. The van der Waals surface area contributed by atoms with Gasteiger partial charge in [0.15, 0.2) is 0 Å². The van der Waals surface area contributed by atoms with Gasteiger partial charge in [0.05, 0.1) is 6.10 Å². The SMILES string of the molecule is CC(O)CN(Cc1cccc(F)c1)C1CC1. The van der Waals surface area contributed by atoms with Crippen molar-refractivity contribution in [2.24, 2.45) is 0 Å². The van der Waals surface area contributed by atoms with Crippen LogP contribution in [-0.4, -0.2) is 28.7 Å². The number of aliphatic hydroxyl groups is 1. The Bertz CT molecular complexity index is 350. The summed E-state index contributed by atoms with van der Waals surface area (Å²) in [6.45, 7) is 3.19. The molecule has 1 aliphatic carbocycles. The fourth-order valence-electron chi connectivity index (χ4n) is 1.99. The zero-order chi connectivity index (χ0) is 11.5. The van der Waals surface area contributed by atoms with Crippen molar-refractivity contribution in [1.82, 2.24) is 4.90 Å². The van der Waals surface area contributed by atoms with E-state index in [0.717, 1.165) is 12.1 Å². The molecule has 0 bridgehead atoms. The molecule has 0 aromatic heterocycles. The van der Waals surface area contributed by atoms with Crippen LogP contribution in [0, 0.1) is 5.82 Å². The summed E-state index contributed by atoms with van der Waals surface area (Å²) in [5, 5.41) is 9.42. The highest BCUT2D eigenvalue weighted by molar-refractivity contribution is 5.16. The van der Waals surface area contributed by atoms with Gasteiger partial charge in [-0.1, -0.05) is 12.1 Å². The third kappa shape index (κ3) is 3.29. The van der Waals surface area contributed by atoms with Gasteiger partial charge in [-0.05, 0) is 37.5 Å². The minimum absolute atomic E-state index is 0.190. The number of hydrogen-bond acceptors (Lipinski definition) is 2. The van der Waals surface area contributed by atoms with E-state index in [2.05, 4.69) is 4.90 Å². The van der Waals surface area contributed by atoms with Crippen molar-refractivity contribution in [3.8, 4) is 0 Å². The van der Waals surface area contributed by atoms with Crippen LogP contribution in [0.5, 0.6) is 0 Å². The number of halogens is 1. The molecule has 1 fully saturated rings. The maximum Gasteiger partial charge on any atom is 0.123 e. The smallest absolute Gasteiger partial charge is 0.123 e. The number of aliphatic hydroxyl groups excluding tert-OH is 1. The van der Waals surface area contributed by atoms with E-state index in [1.165, 1.54) is 18.9 Å². The van der Waals surface area contributed by atoms with Crippen LogP contribution >= 0.6 is 0 Å². The summed E-state index contributed by atoms with van der Waals surface area (Å²) in [7, 11) is 0. The number of nitrogens with zero attached hydrogens (tertiary/aromatic N) is 1. The predicted molar refractivity (Wildman–Crippen MR) is 61.5 cm³/mol. The van der Waals surface area contributed by atoms with Gasteiger partial charge in [0, 0.05) is 19.1 Å². The van der Waals surface area contributed by atoms with Crippen LogP contribution < -0.4 is 0 Å². The van der Waals surface area contributed by atoms with Gasteiger partial charge in [0.1, 0.15) is 5.82 Å². The van der Waals surface area contributed by atoms with Crippen molar-refractivity contribution >= 4 is 0 Å². The minimum atomic E-state index is -0.325. The zero-order valence-corrected chi connectivity index (χ0v) is 9.56. The molecule has 1 aliphatic rings. The molecule has 0 heterocycles. The first kappa shape index (κ1) is 11.6. The third-order valence-corrected chi connectivity index (χ3v) is 2.84. The minimum Gasteiger partial charge on any atom is -0.392 e. The first-order valence-electron chi connectivity index (χ1n) is 5.81. The average Bonchev–Trinajstić information content (AvgIpc) is 2.99. The highest BCUT2D eigenvalue weighted by Crippen LogP contribution is 2.28. The van der Waals surface area contributed by atoms with Crippen molar-refractivity contribution in [3.05, 3.63) is 35.6 Å². The predicted octanol–water partition coefficient (Wildman–Crippen LogP) is 2.17. The number of hydrogen-bond donors (Lipinski definition) is 1. The Morgan fingerprint density at radius 3 is 2.81 bits per heavy atom. The second-order valence-corrected chi connectivity index (χ2v) is 4.64. The quantitative estimate of drug-likeness (QED) is 0.827. The molecular formula is C13H18FNO. The molecule has 0 aliphatic heterocycles. The summed E-state index contributed by atoms with van der Waals surface area (Å²) >= 11 is 0. The molecule has 0 amide bonds. The Kier molecular flexibility index (Phi) is 3.56. The fourth-order valence-corrected chi connectivity index (χ4v) is 1.99. The molecule has 1 aromatic rings. The van der Waals surface area contributed by atoms with Gasteiger partial charge in [-0.15, -0.1) is 0 Å². The van der Waals surface area contributed by atoms with E-state index in [-0.39, 0.29) is 11.9 Å². The summed E-state index contributed by atoms with van der Waals surface area (Å²) in [5.74, 6) is -0.190. The highest BCUT2D eigenvalue weighted by Gasteiger charge is 2.29. The first-order valence-corrected chi connectivity index (χ1v) is 5.81. The normalized spacial score (nSPS) is 17.8. The van der Waals surface area contributed by atoms with Crippen molar-refractivity contribution in [2.45, 2.75) is 38.5 Å². The Balaban J connectivity index is 1.99. The van der Waals surface area contributed by atoms with E-state index >= 15 is 0 Å². The van der Waals surface area contributed by atoms with Crippen LogP contribution in [0.3, 0.4) is 0 Å². The van der Waals surface area contributed by atoms with Crippen molar-refractivity contribution in [2.75, 3.05) is 6.54 Å². The van der Waals surface area contributed by atoms with Crippen molar-refractivity contribution in [3.63, 3.8) is 0 Å². The maximum absolute atomic E-state index is 13.0. The topological polar surface area (TPSA) is 23.5 Å². The third-order valence-electron chi connectivity index (χ3n) is 2.84. The molecule has 3 heteroatoms. The summed E-state index contributed by atoms with van der Waals surface area (Å²) in [6.07, 6.45) is 2.07. The second-order valence-electron chi connectivity index (χ2n) is 4.64.